The molecule has 1 saturated heterocycles. The fourth-order valence-electron chi connectivity index (χ4n) is 1.67. The molecule has 96 valence electrons. The number of nitrogens with zero attached hydrogens (tertiary/aromatic N) is 2. The van der Waals surface area contributed by atoms with Crippen molar-refractivity contribution in [3.8, 4) is 0 Å². The average molecular weight is 269 g/mol. The van der Waals surface area contributed by atoms with Crippen molar-refractivity contribution in [3.05, 3.63) is 0 Å². The number of alkyl halides is 1. The minimum absolute atomic E-state index is 0.288. The third-order valence-electron chi connectivity index (χ3n) is 3.17. The molecule has 1 rings (SSSR count). The highest BCUT2D eigenvalue weighted by atomic mass is 35.5. The van der Waals surface area contributed by atoms with E-state index in [4.69, 9.17) is 11.6 Å². The lowest BCUT2D eigenvalue weighted by molar-refractivity contribution is 0.252. The van der Waals surface area contributed by atoms with Gasteiger partial charge < -0.3 is 0 Å². The van der Waals surface area contributed by atoms with Crippen LogP contribution in [0.4, 0.5) is 0 Å². The fourth-order valence-corrected chi connectivity index (χ4v) is 3.67. The highest BCUT2D eigenvalue weighted by Crippen LogP contribution is 2.23. The van der Waals surface area contributed by atoms with E-state index in [-0.39, 0.29) is 5.88 Å². The predicted molar refractivity (Wildman–Crippen MR) is 66.9 cm³/mol. The molecule has 4 nitrogen and oxygen atoms in total. The van der Waals surface area contributed by atoms with Crippen molar-refractivity contribution in [3.63, 3.8) is 0 Å². The molecule has 1 aliphatic heterocycles. The molecule has 0 aromatic carbocycles. The van der Waals surface area contributed by atoms with Gasteiger partial charge in [-0.15, -0.1) is 11.6 Å². The summed E-state index contributed by atoms with van der Waals surface area (Å²) in [7, 11) is -1.75. The van der Waals surface area contributed by atoms with E-state index < -0.39 is 15.7 Å². The number of piperidine rings is 1. The molecule has 0 N–H and O–H groups in total. The third-order valence-corrected chi connectivity index (χ3v) is 6.03. The molecule has 0 radical (unpaired) electrons. The summed E-state index contributed by atoms with van der Waals surface area (Å²) in [5, 5.41) is 0. The number of rotatable bonds is 4. The first kappa shape index (κ1) is 14.2. The van der Waals surface area contributed by atoms with Gasteiger partial charge in [0.25, 0.3) is 10.2 Å². The maximum atomic E-state index is 12.3. The summed E-state index contributed by atoms with van der Waals surface area (Å²) in [6.07, 6.45) is 3.03. The molecule has 0 aromatic heterocycles. The van der Waals surface area contributed by atoms with E-state index in [0.29, 0.717) is 13.1 Å². The fraction of sp³-hybridized carbons (Fsp3) is 1.00. The normalized spacial score (nSPS) is 20.3. The Morgan fingerprint density at radius 2 is 1.75 bits per heavy atom. The second-order valence-corrected chi connectivity index (χ2v) is 7.11. The van der Waals surface area contributed by atoms with Gasteiger partial charge >= 0.3 is 0 Å². The molecule has 0 aliphatic carbocycles. The minimum Gasteiger partial charge on any atom is -0.195 e. The van der Waals surface area contributed by atoms with Crippen molar-refractivity contribution < 1.29 is 8.42 Å². The zero-order chi connectivity index (χ0) is 12.4. The van der Waals surface area contributed by atoms with Crippen LogP contribution in [0.25, 0.3) is 0 Å². The first-order chi connectivity index (χ1) is 7.32. The minimum atomic E-state index is -3.35. The maximum absolute atomic E-state index is 12.3. The van der Waals surface area contributed by atoms with Crippen LogP contribution in [0.1, 0.15) is 33.1 Å². The SMILES string of the molecule is CN(C(C)(C)CCl)S(=O)(=O)N1CCCCC1. The van der Waals surface area contributed by atoms with E-state index in [2.05, 4.69) is 0 Å². The van der Waals surface area contributed by atoms with Gasteiger partial charge in [-0.3, -0.25) is 0 Å². The van der Waals surface area contributed by atoms with Crippen LogP contribution >= 0.6 is 11.6 Å². The molecule has 0 saturated carbocycles. The van der Waals surface area contributed by atoms with Gasteiger partial charge in [0, 0.05) is 31.6 Å². The highest BCUT2D eigenvalue weighted by molar-refractivity contribution is 7.86. The molecule has 1 heterocycles. The third kappa shape index (κ3) is 2.88. The van der Waals surface area contributed by atoms with Crippen LogP contribution in [0.15, 0.2) is 0 Å². The lowest BCUT2D eigenvalue weighted by Gasteiger charge is -2.37. The first-order valence-electron chi connectivity index (χ1n) is 5.62. The maximum Gasteiger partial charge on any atom is 0.282 e. The smallest absolute Gasteiger partial charge is 0.195 e. The van der Waals surface area contributed by atoms with Gasteiger partial charge in [0.2, 0.25) is 0 Å². The summed E-state index contributed by atoms with van der Waals surface area (Å²) in [6.45, 7) is 4.93. The summed E-state index contributed by atoms with van der Waals surface area (Å²) >= 11 is 5.81. The van der Waals surface area contributed by atoms with Gasteiger partial charge in [-0.2, -0.15) is 17.0 Å². The van der Waals surface area contributed by atoms with E-state index in [1.54, 1.807) is 11.4 Å². The van der Waals surface area contributed by atoms with Crippen LogP contribution in [0, 0.1) is 0 Å². The quantitative estimate of drug-likeness (QED) is 0.728. The first-order valence-corrected chi connectivity index (χ1v) is 7.55. The van der Waals surface area contributed by atoms with E-state index in [1.807, 2.05) is 13.8 Å². The molecular formula is C10H21ClN2O2S. The molecule has 0 atom stereocenters. The van der Waals surface area contributed by atoms with Gasteiger partial charge in [-0.1, -0.05) is 6.42 Å². The van der Waals surface area contributed by atoms with Crippen LogP contribution in [0.5, 0.6) is 0 Å². The average Bonchev–Trinajstić information content (AvgIpc) is 2.29. The van der Waals surface area contributed by atoms with Crippen molar-refractivity contribution >= 4 is 21.8 Å². The second-order valence-electron chi connectivity index (χ2n) is 4.88. The van der Waals surface area contributed by atoms with Crippen LogP contribution in [-0.2, 0) is 10.2 Å². The largest absolute Gasteiger partial charge is 0.282 e. The van der Waals surface area contributed by atoms with Crippen molar-refractivity contribution in [1.29, 1.82) is 0 Å². The summed E-state index contributed by atoms with van der Waals surface area (Å²) < 4.78 is 27.5. The van der Waals surface area contributed by atoms with Gasteiger partial charge in [0.1, 0.15) is 0 Å². The summed E-state index contributed by atoms with van der Waals surface area (Å²) in [6, 6.07) is 0. The Hall–Kier alpha value is 0.160. The van der Waals surface area contributed by atoms with Crippen molar-refractivity contribution in [2.45, 2.75) is 38.6 Å². The Morgan fingerprint density at radius 1 is 1.25 bits per heavy atom. The van der Waals surface area contributed by atoms with Crippen LogP contribution in [0.2, 0.25) is 0 Å². The van der Waals surface area contributed by atoms with Crippen LogP contribution < -0.4 is 0 Å². The molecule has 0 aromatic rings. The molecule has 6 heteroatoms. The Kier molecular flexibility index (Phi) is 4.63. The van der Waals surface area contributed by atoms with E-state index in [9.17, 15) is 8.42 Å². The topological polar surface area (TPSA) is 40.6 Å². The molecule has 0 bridgehead atoms. The standard InChI is InChI=1S/C10H21ClN2O2S/c1-10(2,9-11)12(3)16(14,15)13-7-5-4-6-8-13/h4-9H2,1-3H3. The van der Waals surface area contributed by atoms with E-state index in [1.165, 1.54) is 4.31 Å². The lowest BCUT2D eigenvalue weighted by atomic mass is 10.1. The molecule has 16 heavy (non-hydrogen) atoms. The van der Waals surface area contributed by atoms with Crippen LogP contribution in [-0.4, -0.2) is 48.6 Å². The predicted octanol–water partition coefficient (Wildman–Crippen LogP) is 1.67. The molecular weight excluding hydrogens is 248 g/mol. The lowest BCUT2D eigenvalue weighted by Crippen LogP contribution is -2.53. The Labute approximate surface area is 104 Å². The molecule has 1 aliphatic rings. The van der Waals surface area contributed by atoms with Crippen molar-refractivity contribution in [1.82, 2.24) is 8.61 Å². The number of hydrogen-bond donors (Lipinski definition) is 0. The van der Waals surface area contributed by atoms with Gasteiger partial charge in [-0.05, 0) is 26.7 Å². The summed E-state index contributed by atoms with van der Waals surface area (Å²) in [5.41, 5.74) is -0.544. The molecule has 0 unspecified atom stereocenters. The van der Waals surface area contributed by atoms with Crippen molar-refractivity contribution in [2.75, 3.05) is 26.0 Å². The van der Waals surface area contributed by atoms with Gasteiger partial charge in [0.05, 0.1) is 0 Å². The Bertz CT molecular complexity index is 324. The zero-order valence-corrected chi connectivity index (χ0v) is 11.8. The zero-order valence-electron chi connectivity index (χ0n) is 10.2. The van der Waals surface area contributed by atoms with Crippen LogP contribution in [0.3, 0.4) is 0 Å². The monoisotopic (exact) mass is 268 g/mol. The van der Waals surface area contributed by atoms with E-state index in [0.717, 1.165) is 19.3 Å². The van der Waals surface area contributed by atoms with Gasteiger partial charge in [0.15, 0.2) is 0 Å². The number of halogens is 1. The molecule has 0 spiro atoms. The van der Waals surface area contributed by atoms with Crippen molar-refractivity contribution in [2.24, 2.45) is 0 Å². The molecule has 1 fully saturated rings. The van der Waals surface area contributed by atoms with E-state index >= 15 is 0 Å². The summed E-state index contributed by atoms with van der Waals surface area (Å²) in [5.74, 6) is 0.288. The molecule has 0 amide bonds. The Morgan fingerprint density at radius 3 is 2.19 bits per heavy atom. The van der Waals surface area contributed by atoms with Gasteiger partial charge in [-0.25, -0.2) is 0 Å². The highest BCUT2D eigenvalue weighted by Gasteiger charge is 2.36. The Balaban J connectivity index is 2.84. The number of hydrogen-bond acceptors (Lipinski definition) is 2. The summed E-state index contributed by atoms with van der Waals surface area (Å²) in [4.78, 5) is 0. The second kappa shape index (κ2) is 5.21.